The number of amides is 2. The number of halogens is 1. The van der Waals surface area contributed by atoms with Crippen molar-refractivity contribution in [3.05, 3.63) is 51.0 Å². The molecule has 9 heteroatoms. The molecule has 0 aliphatic carbocycles. The van der Waals surface area contributed by atoms with Crippen molar-refractivity contribution in [2.24, 2.45) is 0 Å². The zero-order valence-corrected chi connectivity index (χ0v) is 17.6. The summed E-state index contributed by atoms with van der Waals surface area (Å²) in [4.78, 5) is 26.7. The first-order valence-electron chi connectivity index (χ1n) is 8.16. The number of carbonyl (C=O) groups is 2. The lowest BCUT2D eigenvalue weighted by Gasteiger charge is -2.13. The Labute approximate surface area is 174 Å². The molecule has 0 spiro atoms. The van der Waals surface area contributed by atoms with Crippen LogP contribution in [0, 0.1) is 6.92 Å². The molecule has 1 aromatic carbocycles. The third kappa shape index (κ3) is 5.27. The van der Waals surface area contributed by atoms with Crippen LogP contribution in [0.1, 0.15) is 24.2 Å². The number of hydrogen-bond donors (Lipinski definition) is 1. The van der Waals surface area contributed by atoms with Crippen LogP contribution in [0.4, 0.5) is 5.82 Å². The fraction of sp³-hybridized carbons (Fsp3) is 0.222. The van der Waals surface area contributed by atoms with Gasteiger partial charge in [-0.05, 0) is 37.1 Å². The van der Waals surface area contributed by atoms with Crippen molar-refractivity contribution in [2.75, 3.05) is 11.9 Å². The number of anilines is 1. The molecule has 3 rings (SSSR count). The van der Waals surface area contributed by atoms with Crippen LogP contribution in [-0.2, 0) is 9.59 Å². The molecular weight excluding hydrogens is 450 g/mol. The molecule has 1 aliphatic rings. The number of benzene rings is 1. The highest BCUT2D eigenvalue weighted by molar-refractivity contribution is 9.10. The van der Waals surface area contributed by atoms with Gasteiger partial charge in [0.2, 0.25) is 5.91 Å². The van der Waals surface area contributed by atoms with Gasteiger partial charge in [0.15, 0.2) is 5.82 Å². The molecule has 0 radical (unpaired) electrons. The van der Waals surface area contributed by atoms with Crippen LogP contribution in [0.2, 0.25) is 0 Å². The lowest BCUT2D eigenvalue weighted by atomic mass is 10.2. The molecule has 1 fully saturated rings. The first-order chi connectivity index (χ1) is 12.9. The fourth-order valence-electron chi connectivity index (χ4n) is 2.47. The van der Waals surface area contributed by atoms with E-state index in [0.717, 1.165) is 10.0 Å². The van der Waals surface area contributed by atoms with E-state index in [-0.39, 0.29) is 18.2 Å². The van der Waals surface area contributed by atoms with Crippen LogP contribution in [0.15, 0.2) is 44.2 Å². The molecule has 0 unspecified atom stereocenters. The van der Waals surface area contributed by atoms with Crippen LogP contribution in [-0.4, -0.2) is 32.7 Å². The van der Waals surface area contributed by atoms with Gasteiger partial charge < -0.3 is 9.84 Å². The molecular formula is C18H16BrN3O3S2. The number of aromatic nitrogens is 1. The predicted octanol–water partition coefficient (Wildman–Crippen LogP) is 4.37. The van der Waals surface area contributed by atoms with Crippen molar-refractivity contribution in [1.82, 2.24) is 10.1 Å². The Balaban J connectivity index is 1.54. The molecule has 2 heterocycles. The zero-order chi connectivity index (χ0) is 19.4. The van der Waals surface area contributed by atoms with E-state index in [2.05, 4.69) is 26.4 Å². The van der Waals surface area contributed by atoms with Gasteiger partial charge in [0, 0.05) is 23.5 Å². The number of hydrogen-bond acceptors (Lipinski definition) is 6. The van der Waals surface area contributed by atoms with Crippen molar-refractivity contribution in [1.29, 1.82) is 0 Å². The highest BCUT2D eigenvalue weighted by Crippen LogP contribution is 2.33. The minimum atomic E-state index is -0.182. The molecule has 27 heavy (non-hydrogen) atoms. The monoisotopic (exact) mass is 465 g/mol. The number of nitrogens with zero attached hydrogens (tertiary/aromatic N) is 2. The summed E-state index contributed by atoms with van der Waals surface area (Å²) in [7, 11) is 0. The lowest BCUT2D eigenvalue weighted by molar-refractivity contribution is -0.122. The largest absolute Gasteiger partial charge is 0.360 e. The van der Waals surface area contributed by atoms with E-state index in [9.17, 15) is 9.59 Å². The Kier molecular flexibility index (Phi) is 6.46. The first kappa shape index (κ1) is 19.8. The summed E-state index contributed by atoms with van der Waals surface area (Å²) in [6, 6.07) is 9.34. The summed E-state index contributed by atoms with van der Waals surface area (Å²) in [5.74, 6) is 0.705. The molecule has 1 aliphatic heterocycles. The Morgan fingerprint density at radius 3 is 2.96 bits per heavy atom. The normalized spacial score (nSPS) is 15.6. The van der Waals surface area contributed by atoms with Crippen molar-refractivity contribution < 1.29 is 14.1 Å². The summed E-state index contributed by atoms with van der Waals surface area (Å²) < 4.78 is 6.35. The van der Waals surface area contributed by atoms with Gasteiger partial charge >= 0.3 is 0 Å². The van der Waals surface area contributed by atoms with Gasteiger partial charge in [-0.15, -0.1) is 0 Å². The minimum Gasteiger partial charge on any atom is -0.360 e. The van der Waals surface area contributed by atoms with Crippen molar-refractivity contribution in [2.45, 2.75) is 19.8 Å². The second-order valence-electron chi connectivity index (χ2n) is 5.86. The van der Waals surface area contributed by atoms with Gasteiger partial charge in [-0.2, -0.15) is 0 Å². The summed E-state index contributed by atoms with van der Waals surface area (Å²) in [5.41, 5.74) is 0.923. The van der Waals surface area contributed by atoms with E-state index < -0.39 is 0 Å². The Hall–Kier alpha value is -1.97. The van der Waals surface area contributed by atoms with Crippen molar-refractivity contribution in [3.63, 3.8) is 0 Å². The number of thioether (sulfide) groups is 1. The highest BCUT2D eigenvalue weighted by atomic mass is 79.9. The second-order valence-corrected chi connectivity index (χ2v) is 8.45. The minimum absolute atomic E-state index is 0.127. The van der Waals surface area contributed by atoms with E-state index in [0.29, 0.717) is 33.8 Å². The second kappa shape index (κ2) is 8.81. The lowest BCUT2D eigenvalue weighted by Crippen LogP contribution is -2.29. The van der Waals surface area contributed by atoms with Crippen LogP contribution in [0.25, 0.3) is 6.08 Å². The van der Waals surface area contributed by atoms with Crippen LogP contribution in [0.5, 0.6) is 0 Å². The first-order valence-corrected chi connectivity index (χ1v) is 10.2. The van der Waals surface area contributed by atoms with E-state index in [1.807, 2.05) is 30.3 Å². The van der Waals surface area contributed by atoms with Gasteiger partial charge in [-0.3, -0.25) is 14.5 Å². The number of carbonyl (C=O) groups excluding carboxylic acids is 2. The summed E-state index contributed by atoms with van der Waals surface area (Å²) in [5, 5.41) is 6.37. The standard InChI is InChI=1S/C18H16BrN3O3S2/c1-11-8-15(21-25-11)20-16(23)6-3-7-22-17(24)14(27-18(22)26)10-12-4-2-5-13(19)9-12/h2,4-5,8-10H,3,6-7H2,1H3,(H,20,21,23). The highest BCUT2D eigenvalue weighted by Gasteiger charge is 2.31. The maximum absolute atomic E-state index is 12.6. The smallest absolute Gasteiger partial charge is 0.266 e. The van der Waals surface area contributed by atoms with E-state index in [4.69, 9.17) is 16.7 Å². The SMILES string of the molecule is Cc1cc(NC(=O)CCCN2C(=O)C(=Cc3cccc(Br)c3)SC2=S)no1. The molecule has 0 saturated carbocycles. The fourth-order valence-corrected chi connectivity index (χ4v) is 4.19. The number of rotatable bonds is 6. The van der Waals surface area contributed by atoms with Gasteiger partial charge in [0.05, 0.1) is 4.91 Å². The van der Waals surface area contributed by atoms with Gasteiger partial charge in [-0.25, -0.2) is 0 Å². The van der Waals surface area contributed by atoms with Crippen molar-refractivity contribution in [3.8, 4) is 0 Å². The topological polar surface area (TPSA) is 75.4 Å². The van der Waals surface area contributed by atoms with Crippen LogP contribution in [0.3, 0.4) is 0 Å². The van der Waals surface area contributed by atoms with Gasteiger partial charge in [-0.1, -0.05) is 57.2 Å². The van der Waals surface area contributed by atoms with Crippen LogP contribution < -0.4 is 5.32 Å². The molecule has 1 aromatic heterocycles. The maximum atomic E-state index is 12.6. The third-order valence-electron chi connectivity index (χ3n) is 3.70. The van der Waals surface area contributed by atoms with E-state index in [1.54, 1.807) is 13.0 Å². The molecule has 6 nitrogen and oxygen atoms in total. The molecule has 2 amide bonds. The number of thiocarbonyl (C=S) groups is 1. The predicted molar refractivity (Wildman–Crippen MR) is 113 cm³/mol. The average Bonchev–Trinajstić information content (AvgIpc) is 3.12. The molecule has 1 saturated heterocycles. The Morgan fingerprint density at radius 1 is 1.44 bits per heavy atom. The Bertz CT molecular complexity index is 926. The Morgan fingerprint density at radius 2 is 2.26 bits per heavy atom. The van der Waals surface area contributed by atoms with Gasteiger partial charge in [0.1, 0.15) is 10.1 Å². The van der Waals surface area contributed by atoms with Crippen LogP contribution >= 0.6 is 39.9 Å². The quantitative estimate of drug-likeness (QED) is 0.504. The number of aryl methyl sites for hydroxylation is 1. The summed E-state index contributed by atoms with van der Waals surface area (Å²) in [6.45, 7) is 2.14. The molecule has 140 valence electrons. The summed E-state index contributed by atoms with van der Waals surface area (Å²) >= 11 is 10.0. The third-order valence-corrected chi connectivity index (χ3v) is 5.57. The molecule has 0 bridgehead atoms. The van der Waals surface area contributed by atoms with E-state index in [1.165, 1.54) is 16.7 Å². The zero-order valence-electron chi connectivity index (χ0n) is 14.4. The maximum Gasteiger partial charge on any atom is 0.266 e. The molecule has 0 atom stereocenters. The van der Waals surface area contributed by atoms with Crippen molar-refractivity contribution >= 4 is 67.9 Å². The average molecular weight is 466 g/mol. The van der Waals surface area contributed by atoms with Gasteiger partial charge in [0.25, 0.3) is 5.91 Å². The number of nitrogens with one attached hydrogen (secondary N) is 1. The molecule has 2 aromatic rings. The summed E-state index contributed by atoms with van der Waals surface area (Å²) in [6.07, 6.45) is 2.58. The molecule has 1 N–H and O–H groups in total. The van der Waals surface area contributed by atoms with E-state index >= 15 is 0 Å².